The first-order valence-electron chi connectivity index (χ1n) is 8.40. The highest BCUT2D eigenvalue weighted by Gasteiger charge is 2.13. The third-order valence-corrected chi connectivity index (χ3v) is 4.01. The third-order valence-electron chi connectivity index (χ3n) is 4.01. The molecule has 1 aliphatic heterocycles. The standard InChI is InChI=1S/C17H29N5/c1-15(14-22-11-5-2-6-12-22)13-21-17(18)20-10-8-16-7-3-4-9-19-16/h3-4,7,9,15H,2,5-6,8,10-14H2,1H3,(H3,18,20,21). The Morgan fingerprint density at radius 3 is 2.91 bits per heavy atom. The highest BCUT2D eigenvalue weighted by Crippen LogP contribution is 2.10. The summed E-state index contributed by atoms with van der Waals surface area (Å²) in [5.41, 5.74) is 6.99. The second-order valence-electron chi connectivity index (χ2n) is 6.19. The number of aliphatic imine (C=N–C) groups is 1. The molecule has 2 heterocycles. The normalized spacial score (nSPS) is 18.1. The number of pyridine rings is 1. The number of guanidine groups is 1. The van der Waals surface area contributed by atoms with Crippen molar-refractivity contribution >= 4 is 5.96 Å². The lowest BCUT2D eigenvalue weighted by Gasteiger charge is -2.28. The lowest BCUT2D eigenvalue weighted by molar-refractivity contribution is 0.203. The Bertz CT molecular complexity index is 440. The van der Waals surface area contributed by atoms with Crippen LogP contribution in [0.5, 0.6) is 0 Å². The molecule has 1 atom stereocenters. The predicted octanol–water partition coefficient (Wildman–Crippen LogP) is 1.65. The van der Waals surface area contributed by atoms with Gasteiger partial charge in [-0.2, -0.15) is 0 Å². The summed E-state index contributed by atoms with van der Waals surface area (Å²) >= 11 is 0. The fourth-order valence-electron chi connectivity index (χ4n) is 2.82. The van der Waals surface area contributed by atoms with E-state index in [4.69, 9.17) is 5.73 Å². The molecule has 1 aromatic heterocycles. The van der Waals surface area contributed by atoms with E-state index in [1.54, 1.807) is 0 Å². The third kappa shape index (κ3) is 6.43. The van der Waals surface area contributed by atoms with Crippen LogP contribution in [0.25, 0.3) is 0 Å². The van der Waals surface area contributed by atoms with Crippen LogP contribution < -0.4 is 11.1 Å². The summed E-state index contributed by atoms with van der Waals surface area (Å²) in [5, 5.41) is 3.16. The number of piperidine rings is 1. The van der Waals surface area contributed by atoms with E-state index in [9.17, 15) is 0 Å². The Morgan fingerprint density at radius 2 is 2.18 bits per heavy atom. The lowest BCUT2D eigenvalue weighted by atomic mass is 10.1. The summed E-state index contributed by atoms with van der Waals surface area (Å²) in [6.07, 6.45) is 6.74. The minimum Gasteiger partial charge on any atom is -0.370 e. The smallest absolute Gasteiger partial charge is 0.188 e. The Morgan fingerprint density at radius 1 is 1.36 bits per heavy atom. The van der Waals surface area contributed by atoms with E-state index in [0.29, 0.717) is 11.9 Å². The topological polar surface area (TPSA) is 66.5 Å². The van der Waals surface area contributed by atoms with Crippen molar-refractivity contribution in [2.24, 2.45) is 16.6 Å². The van der Waals surface area contributed by atoms with Gasteiger partial charge in [-0.3, -0.25) is 9.98 Å². The van der Waals surface area contributed by atoms with E-state index in [0.717, 1.165) is 31.7 Å². The van der Waals surface area contributed by atoms with Crippen molar-refractivity contribution in [3.05, 3.63) is 30.1 Å². The molecule has 1 aliphatic rings. The number of nitrogens with two attached hydrogens (primary N) is 1. The van der Waals surface area contributed by atoms with Crippen LogP contribution in [-0.2, 0) is 6.42 Å². The molecule has 1 aromatic rings. The highest BCUT2D eigenvalue weighted by molar-refractivity contribution is 5.77. The van der Waals surface area contributed by atoms with E-state index >= 15 is 0 Å². The first kappa shape index (κ1) is 16.7. The van der Waals surface area contributed by atoms with Gasteiger partial charge < -0.3 is 16.0 Å². The minimum absolute atomic E-state index is 0.543. The van der Waals surface area contributed by atoms with Gasteiger partial charge in [-0.1, -0.05) is 19.4 Å². The Kier molecular flexibility index (Phi) is 7.16. The van der Waals surface area contributed by atoms with Gasteiger partial charge in [-0.05, 0) is 44.0 Å². The van der Waals surface area contributed by atoms with Gasteiger partial charge in [-0.15, -0.1) is 0 Å². The number of hydrogen-bond acceptors (Lipinski definition) is 3. The van der Waals surface area contributed by atoms with E-state index in [1.165, 1.54) is 32.4 Å². The molecular formula is C17H29N5. The lowest BCUT2D eigenvalue weighted by Crippen LogP contribution is -2.36. The van der Waals surface area contributed by atoms with Gasteiger partial charge in [-0.25, -0.2) is 0 Å². The van der Waals surface area contributed by atoms with Gasteiger partial charge in [0.15, 0.2) is 5.96 Å². The van der Waals surface area contributed by atoms with Crippen molar-refractivity contribution < 1.29 is 0 Å². The minimum atomic E-state index is 0.543. The maximum atomic E-state index is 5.92. The van der Waals surface area contributed by atoms with Crippen LogP contribution in [-0.4, -0.2) is 48.6 Å². The summed E-state index contributed by atoms with van der Waals surface area (Å²) in [6.45, 7) is 7.42. The zero-order valence-corrected chi connectivity index (χ0v) is 13.7. The molecule has 5 nitrogen and oxygen atoms in total. The molecule has 0 bridgehead atoms. The molecule has 0 aromatic carbocycles. The van der Waals surface area contributed by atoms with Gasteiger partial charge in [0, 0.05) is 37.9 Å². The SMILES string of the molecule is CC(CN=C(N)NCCc1ccccn1)CN1CCCCC1. The van der Waals surface area contributed by atoms with Gasteiger partial charge in [0.2, 0.25) is 0 Å². The average Bonchev–Trinajstić information content (AvgIpc) is 2.55. The van der Waals surface area contributed by atoms with Crippen LogP contribution in [0.3, 0.4) is 0 Å². The second kappa shape index (κ2) is 9.41. The molecule has 5 heteroatoms. The first-order valence-corrected chi connectivity index (χ1v) is 8.40. The maximum absolute atomic E-state index is 5.92. The molecule has 1 unspecified atom stereocenters. The van der Waals surface area contributed by atoms with Crippen LogP contribution in [0.15, 0.2) is 29.4 Å². The van der Waals surface area contributed by atoms with Crippen LogP contribution in [0.2, 0.25) is 0 Å². The van der Waals surface area contributed by atoms with Crippen LogP contribution in [0.4, 0.5) is 0 Å². The molecule has 22 heavy (non-hydrogen) atoms. The monoisotopic (exact) mass is 303 g/mol. The van der Waals surface area contributed by atoms with Crippen molar-refractivity contribution in [2.75, 3.05) is 32.7 Å². The molecule has 0 radical (unpaired) electrons. The molecule has 3 N–H and O–H groups in total. The van der Waals surface area contributed by atoms with E-state index in [-0.39, 0.29) is 0 Å². The fraction of sp³-hybridized carbons (Fsp3) is 0.647. The molecule has 0 spiro atoms. The molecule has 0 saturated carbocycles. The Labute approximate surface area is 134 Å². The van der Waals surface area contributed by atoms with E-state index in [1.807, 2.05) is 24.4 Å². The summed E-state index contributed by atoms with van der Waals surface area (Å²) in [7, 11) is 0. The van der Waals surface area contributed by atoms with Crippen molar-refractivity contribution in [1.82, 2.24) is 15.2 Å². The predicted molar refractivity (Wildman–Crippen MR) is 91.9 cm³/mol. The largest absolute Gasteiger partial charge is 0.370 e. The number of aromatic nitrogens is 1. The maximum Gasteiger partial charge on any atom is 0.188 e. The highest BCUT2D eigenvalue weighted by atomic mass is 15.1. The summed E-state index contributed by atoms with van der Waals surface area (Å²) in [4.78, 5) is 11.3. The molecule has 1 saturated heterocycles. The molecule has 1 fully saturated rings. The summed E-state index contributed by atoms with van der Waals surface area (Å²) < 4.78 is 0. The number of likely N-dealkylation sites (tertiary alicyclic amines) is 1. The van der Waals surface area contributed by atoms with Crippen molar-refractivity contribution in [1.29, 1.82) is 0 Å². The van der Waals surface area contributed by atoms with Crippen LogP contribution in [0, 0.1) is 5.92 Å². The molecule has 2 rings (SSSR count). The van der Waals surface area contributed by atoms with Crippen molar-refractivity contribution in [2.45, 2.75) is 32.6 Å². The molecular weight excluding hydrogens is 274 g/mol. The van der Waals surface area contributed by atoms with E-state index in [2.05, 4.69) is 27.1 Å². The molecule has 0 amide bonds. The van der Waals surface area contributed by atoms with Gasteiger partial charge in [0.05, 0.1) is 0 Å². The van der Waals surface area contributed by atoms with Crippen LogP contribution >= 0.6 is 0 Å². The zero-order valence-electron chi connectivity index (χ0n) is 13.7. The Hall–Kier alpha value is -1.62. The molecule has 122 valence electrons. The number of nitrogens with zero attached hydrogens (tertiary/aromatic N) is 3. The fourth-order valence-corrected chi connectivity index (χ4v) is 2.82. The summed E-state index contributed by atoms with van der Waals surface area (Å²) in [5.74, 6) is 1.09. The average molecular weight is 303 g/mol. The molecule has 0 aliphatic carbocycles. The first-order chi connectivity index (χ1) is 10.7. The van der Waals surface area contributed by atoms with E-state index < -0.39 is 0 Å². The zero-order chi connectivity index (χ0) is 15.6. The summed E-state index contributed by atoms with van der Waals surface area (Å²) in [6, 6.07) is 5.95. The van der Waals surface area contributed by atoms with Crippen molar-refractivity contribution in [3.8, 4) is 0 Å². The van der Waals surface area contributed by atoms with Gasteiger partial charge in [0.1, 0.15) is 0 Å². The van der Waals surface area contributed by atoms with Crippen molar-refractivity contribution in [3.63, 3.8) is 0 Å². The van der Waals surface area contributed by atoms with Gasteiger partial charge in [0.25, 0.3) is 0 Å². The number of hydrogen-bond donors (Lipinski definition) is 2. The second-order valence-corrected chi connectivity index (χ2v) is 6.19. The number of nitrogens with one attached hydrogen (secondary N) is 1. The Balaban J connectivity index is 1.61. The number of rotatable bonds is 7. The van der Waals surface area contributed by atoms with Crippen LogP contribution in [0.1, 0.15) is 31.9 Å². The van der Waals surface area contributed by atoms with Gasteiger partial charge >= 0.3 is 0 Å². The quantitative estimate of drug-likeness (QED) is 0.594.